The van der Waals surface area contributed by atoms with Crippen LogP contribution in [-0.4, -0.2) is 153 Å². The molecule has 5 aromatic rings. The SMILES string of the molecule is COCOc1ccccc1-c1cc2c(nn1)NC[C@H]1CN(CC3CCN(CCOc4cc([C@H](C(=O)N5C[C@H](O[Si](C)(C)C(C)(C)C)C[C@H]5C(=O)N[C@@H](C)c5ccc(-c6scnc6C)cc5)C(C)C)on4)CC3)CCN21. The van der Waals surface area contributed by atoms with Crippen LogP contribution in [0, 0.1) is 18.8 Å². The molecule has 404 valence electrons. The molecule has 0 saturated carbocycles. The first kappa shape index (κ1) is 54.4. The highest BCUT2D eigenvalue weighted by Gasteiger charge is 2.48. The molecule has 2 N–H and O–H groups in total. The average molecular weight is 1060 g/mol. The summed E-state index contributed by atoms with van der Waals surface area (Å²) in [6, 6.07) is 19.4. The van der Waals surface area contributed by atoms with Crippen LogP contribution in [0.1, 0.15) is 89.8 Å². The van der Waals surface area contributed by atoms with Crippen molar-refractivity contribution in [2.24, 2.45) is 11.8 Å². The number of piperidine rings is 1. The summed E-state index contributed by atoms with van der Waals surface area (Å²) in [5.41, 5.74) is 7.70. The quantitative estimate of drug-likeness (QED) is 0.0593. The van der Waals surface area contributed by atoms with E-state index in [2.05, 4.69) is 97.7 Å². The maximum Gasteiger partial charge on any atom is 0.254 e. The highest BCUT2D eigenvalue weighted by molar-refractivity contribution is 7.13. The van der Waals surface area contributed by atoms with Crippen LogP contribution in [-0.2, 0) is 18.8 Å². The van der Waals surface area contributed by atoms with Gasteiger partial charge in [-0.25, -0.2) is 4.98 Å². The second-order valence-electron chi connectivity index (χ2n) is 22.8. The summed E-state index contributed by atoms with van der Waals surface area (Å²) in [6.45, 7) is 27.7. The van der Waals surface area contributed by atoms with E-state index < -0.39 is 20.3 Å². The molecule has 4 aliphatic heterocycles. The Morgan fingerprint density at radius 3 is 2.45 bits per heavy atom. The van der Waals surface area contributed by atoms with Crippen molar-refractivity contribution < 1.29 is 32.7 Å². The Hall–Kier alpha value is -5.44. The summed E-state index contributed by atoms with van der Waals surface area (Å²) in [7, 11) is -0.611. The number of rotatable bonds is 19. The van der Waals surface area contributed by atoms with Crippen LogP contribution in [0.25, 0.3) is 21.7 Å². The molecule has 2 amide bonds. The number of methoxy groups -OCH3 is 1. The van der Waals surface area contributed by atoms with Crippen LogP contribution >= 0.6 is 11.3 Å². The topological polar surface area (TPSA) is 173 Å². The number of anilines is 2. The summed E-state index contributed by atoms with van der Waals surface area (Å²) in [5, 5.41) is 20.2. The number of ether oxygens (including phenoxy) is 3. The van der Waals surface area contributed by atoms with E-state index in [1.54, 1.807) is 29.4 Å². The fraction of sp³-hybridized carbons (Fsp3) is 0.571. The van der Waals surface area contributed by atoms with Crippen molar-refractivity contribution in [1.29, 1.82) is 0 Å². The van der Waals surface area contributed by atoms with Crippen molar-refractivity contribution in [3.63, 3.8) is 0 Å². The van der Waals surface area contributed by atoms with E-state index in [1.165, 1.54) is 0 Å². The lowest BCUT2D eigenvalue weighted by Gasteiger charge is -2.47. The van der Waals surface area contributed by atoms with Gasteiger partial charge in [0.1, 0.15) is 24.3 Å². The van der Waals surface area contributed by atoms with Crippen molar-refractivity contribution in [3.05, 3.63) is 83.2 Å². The third kappa shape index (κ3) is 12.6. The summed E-state index contributed by atoms with van der Waals surface area (Å²) >= 11 is 1.62. The Bertz CT molecular complexity index is 2720. The summed E-state index contributed by atoms with van der Waals surface area (Å²) in [6.07, 6.45) is 2.42. The van der Waals surface area contributed by atoms with Gasteiger partial charge < -0.3 is 43.6 Å². The number of likely N-dealkylation sites (tertiary alicyclic amines) is 2. The Kier molecular flexibility index (Phi) is 17.0. The number of carbonyl (C=O) groups is 2. The first-order chi connectivity index (χ1) is 36.0. The molecular formula is C56H78N10O7SSi. The standard InChI is InChI=1S/C56H78N10O7SSi/c1-36(2)51(55(68)66-33-43(73-75(9,10)56(5,6)7)27-47(66)54(67)59-37(3)40-15-17-41(18-16-40)52-38(4)58-34-74-52)49-29-50(62-72-49)70-26-25-63-21-19-39(20-22-63)31-64-23-24-65-42(32-64)30-57-53-46(65)28-45(60-61-53)44-13-11-12-14-48(44)71-35-69-8/h11-18,28-29,34,36-37,39,42-43,47,51H,19-27,30-33,35H2,1-10H3,(H,57,61)(H,59,67)/t37-,42-,43+,47-,51+/m0/s1. The zero-order valence-corrected chi connectivity index (χ0v) is 47.5. The number of aryl methyl sites for hydroxylation is 1. The van der Waals surface area contributed by atoms with Gasteiger partial charge in [-0.3, -0.25) is 19.4 Å². The van der Waals surface area contributed by atoms with Gasteiger partial charge in [0.2, 0.25) is 11.8 Å². The number of benzene rings is 2. The second-order valence-corrected chi connectivity index (χ2v) is 28.4. The fourth-order valence-electron chi connectivity index (χ4n) is 10.9. The third-order valence-corrected chi connectivity index (χ3v) is 21.7. The molecule has 4 aliphatic rings. The minimum absolute atomic E-state index is 0.0355. The van der Waals surface area contributed by atoms with E-state index >= 15 is 0 Å². The van der Waals surface area contributed by atoms with Gasteiger partial charge in [0.25, 0.3) is 5.88 Å². The lowest BCUT2D eigenvalue weighted by molar-refractivity contribution is -0.141. The molecule has 3 fully saturated rings. The Morgan fingerprint density at radius 2 is 1.73 bits per heavy atom. The molecule has 19 heteroatoms. The zero-order chi connectivity index (χ0) is 53.0. The zero-order valence-electron chi connectivity index (χ0n) is 45.6. The van der Waals surface area contributed by atoms with Crippen LogP contribution < -0.4 is 25.0 Å². The van der Waals surface area contributed by atoms with Crippen molar-refractivity contribution in [2.75, 3.05) is 89.6 Å². The van der Waals surface area contributed by atoms with Crippen LogP contribution in [0.5, 0.6) is 11.6 Å². The summed E-state index contributed by atoms with van der Waals surface area (Å²) < 4.78 is 30.0. The maximum absolute atomic E-state index is 14.9. The normalized spacial score (nSPS) is 20.6. The molecule has 9 rings (SSSR count). The van der Waals surface area contributed by atoms with Crippen molar-refractivity contribution in [2.45, 2.75) is 116 Å². The molecule has 3 aromatic heterocycles. The predicted octanol–water partition coefficient (Wildman–Crippen LogP) is 8.86. The van der Waals surface area contributed by atoms with Gasteiger partial charge in [-0.05, 0) is 104 Å². The first-order valence-corrected chi connectivity index (χ1v) is 30.7. The lowest BCUT2D eigenvalue weighted by Crippen LogP contribution is -2.58. The third-order valence-electron chi connectivity index (χ3n) is 16.2. The number of amides is 2. The van der Waals surface area contributed by atoms with Gasteiger partial charge in [-0.1, -0.05) is 71.0 Å². The molecule has 0 bridgehead atoms. The Morgan fingerprint density at radius 1 is 0.960 bits per heavy atom. The molecule has 5 atom stereocenters. The summed E-state index contributed by atoms with van der Waals surface area (Å²) in [4.78, 5) is 44.1. The van der Waals surface area contributed by atoms with Gasteiger partial charge in [0, 0.05) is 71.0 Å². The van der Waals surface area contributed by atoms with Crippen molar-refractivity contribution in [1.82, 2.24) is 40.4 Å². The van der Waals surface area contributed by atoms with E-state index in [0.29, 0.717) is 43.2 Å². The number of para-hydroxylation sites is 1. The largest absolute Gasteiger partial charge is 0.474 e. The van der Waals surface area contributed by atoms with Gasteiger partial charge in [-0.2, -0.15) is 0 Å². The molecular weight excluding hydrogens is 985 g/mol. The van der Waals surface area contributed by atoms with E-state index in [1.807, 2.05) is 69.6 Å². The number of fused-ring (bicyclic) bond motifs is 3. The van der Waals surface area contributed by atoms with Crippen LogP contribution in [0.3, 0.4) is 0 Å². The molecule has 0 unspecified atom stereocenters. The number of carbonyl (C=O) groups excluding carboxylic acids is 2. The van der Waals surface area contributed by atoms with Crippen molar-refractivity contribution in [3.8, 4) is 33.3 Å². The molecule has 7 heterocycles. The highest BCUT2D eigenvalue weighted by atomic mass is 32.1. The number of nitrogens with zero attached hydrogens (tertiary/aromatic N) is 8. The predicted molar refractivity (Wildman–Crippen MR) is 296 cm³/mol. The fourth-order valence-corrected chi connectivity index (χ4v) is 13.0. The monoisotopic (exact) mass is 1060 g/mol. The Balaban J connectivity index is 0.763. The first-order valence-electron chi connectivity index (χ1n) is 26.9. The molecule has 0 radical (unpaired) electrons. The molecule has 17 nitrogen and oxygen atoms in total. The van der Waals surface area contributed by atoms with E-state index in [9.17, 15) is 9.59 Å². The molecule has 0 aliphatic carbocycles. The number of hydrogen-bond acceptors (Lipinski definition) is 16. The van der Waals surface area contributed by atoms with Crippen LogP contribution in [0.2, 0.25) is 18.1 Å². The lowest BCUT2D eigenvalue weighted by atomic mass is 9.91. The number of hydrogen-bond donors (Lipinski definition) is 2. The van der Waals surface area contributed by atoms with Gasteiger partial charge in [0.05, 0.1) is 45.7 Å². The summed E-state index contributed by atoms with van der Waals surface area (Å²) in [5.74, 6) is 1.81. The van der Waals surface area contributed by atoms with E-state index in [4.69, 9.17) is 23.2 Å². The van der Waals surface area contributed by atoms with Crippen molar-refractivity contribution >= 4 is 43.0 Å². The van der Waals surface area contributed by atoms with E-state index in [-0.39, 0.29) is 41.7 Å². The molecule has 3 saturated heterocycles. The smallest absolute Gasteiger partial charge is 0.254 e. The molecule has 0 spiro atoms. The molecule has 2 aromatic carbocycles. The van der Waals surface area contributed by atoms with E-state index in [0.717, 1.165) is 115 Å². The highest BCUT2D eigenvalue weighted by Crippen LogP contribution is 2.41. The number of aromatic nitrogens is 4. The van der Waals surface area contributed by atoms with Gasteiger partial charge in [0.15, 0.2) is 26.7 Å². The number of piperazine rings is 1. The average Bonchev–Trinajstić information content (AvgIpc) is 4.16. The van der Waals surface area contributed by atoms with Crippen LogP contribution in [0.4, 0.5) is 11.5 Å². The minimum Gasteiger partial charge on any atom is -0.474 e. The van der Waals surface area contributed by atoms with Gasteiger partial charge >= 0.3 is 0 Å². The molecule has 75 heavy (non-hydrogen) atoms. The van der Waals surface area contributed by atoms with Gasteiger partial charge in [-0.15, -0.1) is 21.5 Å². The Labute approximate surface area is 448 Å². The number of nitrogens with one attached hydrogen (secondary N) is 2. The second kappa shape index (κ2) is 23.4. The maximum atomic E-state index is 14.9. The van der Waals surface area contributed by atoms with Crippen LogP contribution in [0.15, 0.2) is 70.7 Å². The minimum atomic E-state index is -2.23. The number of thiazole rings is 1.